The third kappa shape index (κ3) is 16.3. The lowest BCUT2D eigenvalue weighted by Crippen LogP contribution is -2.68. The number of aliphatic hydroxyl groups is 5. The van der Waals surface area contributed by atoms with Gasteiger partial charge in [-0.05, 0) is 80.0 Å². The molecular formula is C68H107N9O19. The summed E-state index contributed by atoms with van der Waals surface area (Å²) >= 11 is 0. The number of methoxy groups -OCH3 is 1. The van der Waals surface area contributed by atoms with Gasteiger partial charge in [0, 0.05) is 111 Å². The molecule has 5 bridgehead atoms. The van der Waals surface area contributed by atoms with E-state index in [-0.39, 0.29) is 69.3 Å². The fourth-order valence-corrected chi connectivity index (χ4v) is 14.5. The molecular weight excluding hydrogens is 1250 g/mol. The number of carbonyl (C=O) groups excluding carboxylic acids is 3. The summed E-state index contributed by atoms with van der Waals surface area (Å²) in [4.78, 5) is 43.2. The van der Waals surface area contributed by atoms with E-state index < -0.39 is 150 Å². The molecule has 22 atom stereocenters. The number of carbonyl (C=O) groups is 3. The third-order valence-electron chi connectivity index (χ3n) is 20.8. The van der Waals surface area contributed by atoms with Crippen LogP contribution in [0.25, 0.3) is 10.8 Å². The smallest absolute Gasteiger partial charge is 0.312 e. The predicted molar refractivity (Wildman–Crippen MR) is 357 cm³/mol. The molecule has 0 radical (unpaired) electrons. The van der Waals surface area contributed by atoms with Gasteiger partial charge in [0.2, 0.25) is 0 Å². The van der Waals surface area contributed by atoms with Crippen molar-refractivity contribution < 1.29 is 93.1 Å². The van der Waals surface area contributed by atoms with Crippen LogP contribution in [0.2, 0.25) is 0 Å². The molecule has 10 rings (SSSR count). The number of aromatic hydroxyl groups is 3. The number of ether oxygens (including phenoxy) is 8. The minimum Gasteiger partial charge on any atom is -0.507 e. The van der Waals surface area contributed by atoms with Crippen LogP contribution < -0.4 is 37.9 Å². The zero-order chi connectivity index (χ0) is 70.6. The number of esters is 1. The number of nitrogens with two attached hydrogens (primary N) is 3. The van der Waals surface area contributed by atoms with Gasteiger partial charge in [0.25, 0.3) is 11.7 Å². The zero-order valence-corrected chi connectivity index (χ0v) is 57.7. The van der Waals surface area contributed by atoms with Crippen molar-refractivity contribution in [2.45, 2.75) is 229 Å². The summed E-state index contributed by atoms with van der Waals surface area (Å²) in [7, 11) is 4.94. The van der Waals surface area contributed by atoms with Gasteiger partial charge >= 0.3 is 11.8 Å². The Morgan fingerprint density at radius 1 is 0.812 bits per heavy atom. The first kappa shape index (κ1) is 76.1. The second-order valence-electron chi connectivity index (χ2n) is 27.7. The maximum absolute atomic E-state index is 14.5. The summed E-state index contributed by atoms with van der Waals surface area (Å²) in [5.41, 5.74) is 17.2. The highest BCUT2D eigenvalue weighted by molar-refractivity contribution is 6.24. The second kappa shape index (κ2) is 32.1. The monoisotopic (exact) mass is 1350 g/mol. The lowest BCUT2D eigenvalue weighted by atomic mass is 9.78. The van der Waals surface area contributed by atoms with Crippen molar-refractivity contribution in [2.24, 2.45) is 46.0 Å². The topological polar surface area (TPSA) is 420 Å². The number of likely N-dealkylation sites (N-methyl/N-ethyl adjacent to an activating group) is 2. The molecule has 2 saturated carbocycles. The van der Waals surface area contributed by atoms with E-state index >= 15 is 0 Å². The average Bonchev–Trinajstić information content (AvgIpc) is 1.48. The molecule has 3 saturated heterocycles. The third-order valence-corrected chi connectivity index (χ3v) is 20.8. The molecule has 5 fully saturated rings. The lowest BCUT2D eigenvalue weighted by molar-refractivity contribution is -0.307. The van der Waals surface area contributed by atoms with Gasteiger partial charge in [0.1, 0.15) is 53.4 Å². The fraction of sp³-hybridized carbons (Fsp3) is 0.706. The molecule has 6 aliphatic heterocycles. The number of phenolic OH excluding ortho intramolecular Hbond substituents is 3. The molecule has 13 unspecified atom stereocenters. The zero-order valence-electron chi connectivity index (χ0n) is 57.7. The van der Waals surface area contributed by atoms with Crippen LogP contribution in [0.3, 0.4) is 0 Å². The van der Waals surface area contributed by atoms with Crippen LogP contribution in [0.15, 0.2) is 41.2 Å². The summed E-state index contributed by atoms with van der Waals surface area (Å²) in [5.74, 6) is -8.28. The largest absolute Gasteiger partial charge is 0.507 e. The quantitative estimate of drug-likeness (QED) is 0.0627. The standard InChI is InChI=1S/C47H64N4O12.C21H43N5O7/c1-24-13-12-14-25(2)46(59)49-37-32(23-48-51-20-18-50(19-21-51)31-15-10-11-16-31)41(56)34-35(42(37)57)40(55)29(6)44-36(34)45(58)47(8,63-44)61-22-17-33(60-9)26(3)43(62-30(7)52)28(5)39(54)27(4)38(24)53;1-9(25-3)13-6-5-10(22)19(31-13)32-16-11(23)7-12(24)17(14(16)27)33-20-15(28)18(26-4)21(2,29)8-30-20/h12-14,17,22-24,26-28,31,33,38-39,43,53-57H,10-11,15-16,18-21H2,1-9H3,(H,49,59);9-20,25-29H,5-8,22-24H2,1-4H3/b13-12+,22-17+,25-14-,48-23-;/t24-,26+,27+,28+,33-,38-,39+,43+,47-;/m0./s1. The van der Waals surface area contributed by atoms with Crippen LogP contribution in [-0.4, -0.2) is 244 Å². The number of anilines is 1. The highest BCUT2D eigenvalue weighted by Gasteiger charge is 2.53. The Bertz CT molecular complexity index is 3160. The summed E-state index contributed by atoms with van der Waals surface area (Å²) in [6, 6.07) is -1.56. The molecule has 8 aliphatic rings. The Morgan fingerprint density at radius 3 is 2.07 bits per heavy atom. The number of Topliss-reactive ketones (excluding diaryl/α,β-unsaturated/α-hetero) is 1. The van der Waals surface area contributed by atoms with Crippen LogP contribution in [-0.2, 0) is 42.7 Å². The van der Waals surface area contributed by atoms with Crippen molar-refractivity contribution in [1.29, 1.82) is 0 Å². The van der Waals surface area contributed by atoms with Crippen LogP contribution in [0.1, 0.15) is 129 Å². The number of ketones is 1. The highest BCUT2D eigenvalue weighted by Crippen LogP contribution is 2.55. The number of nitrogens with one attached hydrogen (secondary N) is 3. The number of piperazine rings is 1. The van der Waals surface area contributed by atoms with E-state index in [4.69, 9.17) is 55.1 Å². The summed E-state index contributed by atoms with van der Waals surface area (Å²) in [6.07, 6.45) is 5.53. The van der Waals surface area contributed by atoms with E-state index in [1.807, 2.05) is 19.0 Å². The minimum absolute atomic E-state index is 0.0620. The van der Waals surface area contributed by atoms with Crippen molar-refractivity contribution >= 4 is 40.3 Å². The van der Waals surface area contributed by atoms with E-state index in [0.717, 1.165) is 19.5 Å². The van der Waals surface area contributed by atoms with Gasteiger partial charge in [-0.3, -0.25) is 24.3 Å². The Hall–Kier alpha value is -5.64. The molecule has 0 aromatic heterocycles. The van der Waals surface area contributed by atoms with Crippen LogP contribution in [0, 0.1) is 30.6 Å². The first-order valence-corrected chi connectivity index (χ1v) is 33.7. The van der Waals surface area contributed by atoms with Gasteiger partial charge in [-0.2, -0.15) is 5.10 Å². The summed E-state index contributed by atoms with van der Waals surface area (Å²) in [6.45, 7) is 18.9. The molecule has 17 N–H and O–H groups in total. The summed E-state index contributed by atoms with van der Waals surface area (Å²) in [5, 5.41) is 106. The van der Waals surface area contributed by atoms with E-state index in [2.05, 4.69) is 26.0 Å². The maximum Gasteiger partial charge on any atom is 0.312 e. The molecule has 2 aromatic carbocycles. The van der Waals surface area contributed by atoms with Gasteiger partial charge in [0.15, 0.2) is 18.3 Å². The van der Waals surface area contributed by atoms with Crippen LogP contribution in [0.4, 0.5) is 5.69 Å². The number of rotatable bonds is 12. The first-order valence-electron chi connectivity index (χ1n) is 33.7. The molecule has 28 heteroatoms. The number of hydrogen-bond acceptors (Lipinski definition) is 27. The first-order chi connectivity index (χ1) is 45.3. The number of hydrogen-bond donors (Lipinski definition) is 14. The normalized spacial score (nSPS) is 38.5. The van der Waals surface area contributed by atoms with Crippen LogP contribution >= 0.6 is 0 Å². The van der Waals surface area contributed by atoms with Crippen molar-refractivity contribution in [3.63, 3.8) is 0 Å². The highest BCUT2D eigenvalue weighted by atomic mass is 16.7. The second-order valence-corrected chi connectivity index (χ2v) is 27.7. The van der Waals surface area contributed by atoms with E-state index in [9.17, 15) is 55.2 Å². The van der Waals surface area contributed by atoms with Crippen LogP contribution in [0.5, 0.6) is 23.0 Å². The molecule has 2 aromatic rings. The van der Waals surface area contributed by atoms with E-state index in [1.54, 1.807) is 53.8 Å². The number of allylic oxidation sites excluding steroid dienone is 2. The summed E-state index contributed by atoms with van der Waals surface area (Å²) < 4.78 is 47.4. The number of fused-ring (bicyclic) bond motifs is 14. The van der Waals surface area contributed by atoms with E-state index in [0.29, 0.717) is 32.0 Å². The molecule has 2 aliphatic carbocycles. The molecule has 6 heterocycles. The number of aliphatic hydroxyl groups excluding tert-OH is 4. The van der Waals surface area contributed by atoms with Crippen molar-refractivity contribution in [2.75, 3.05) is 59.3 Å². The number of hydrazone groups is 1. The molecule has 0 spiro atoms. The van der Waals surface area contributed by atoms with Gasteiger partial charge in [-0.15, -0.1) is 0 Å². The van der Waals surface area contributed by atoms with Crippen molar-refractivity contribution in [3.05, 3.63) is 52.8 Å². The number of nitrogens with zero attached hydrogens (tertiary/aromatic N) is 3. The Balaban J connectivity index is 0.000000299. The number of benzene rings is 2. The maximum atomic E-state index is 14.5. The average molecular weight is 1350 g/mol. The Labute approximate surface area is 562 Å². The molecule has 96 heavy (non-hydrogen) atoms. The lowest BCUT2D eigenvalue weighted by Gasteiger charge is -2.48. The van der Waals surface area contributed by atoms with Gasteiger partial charge < -0.3 is 112 Å². The Kier molecular flexibility index (Phi) is 25.5. The van der Waals surface area contributed by atoms with Crippen molar-refractivity contribution in [3.8, 4) is 23.0 Å². The SMILES string of the molecule is CNC(C)C1CCC(N)C(OC2C(N)CC(N)C(OC3OCC(C)(O)C(NC)C3O)C2O)O1.CO[C@H]1/C=C/O[C@@]2(C)Oc3c(C)c(O)c4c(O)c(c(/C=N\N5CCN(C6CCCC6)CC5)c(O)c4c3C2=O)NC(=O)/C(C)=C\C=C\[C@H](C)[C@H](O)[C@@H](C)[C@@H](O)[C@@H](C)[C@H](OC(C)=O)[C@@H]1C. The van der Waals surface area contributed by atoms with E-state index in [1.165, 1.54) is 85.1 Å². The van der Waals surface area contributed by atoms with Gasteiger partial charge in [0.05, 0.1) is 77.8 Å². The molecule has 1 amide bonds. The molecule has 538 valence electrons. The van der Waals surface area contributed by atoms with Gasteiger partial charge in [-0.1, -0.05) is 58.8 Å². The number of amides is 1. The fourth-order valence-electron chi connectivity index (χ4n) is 14.5. The predicted octanol–water partition coefficient (Wildman–Crippen LogP) is 2.32. The minimum atomic E-state index is -2.04. The Morgan fingerprint density at radius 2 is 1.46 bits per heavy atom. The van der Waals surface area contributed by atoms with Crippen molar-refractivity contribution in [1.82, 2.24) is 20.5 Å². The molecule has 28 nitrogen and oxygen atoms in total. The van der Waals surface area contributed by atoms with Gasteiger partial charge in [-0.25, -0.2) is 0 Å². The number of phenols is 3.